The maximum absolute atomic E-state index is 12.5. The molecular weight excluding hydrogens is 387 g/mol. The van der Waals surface area contributed by atoms with Crippen molar-refractivity contribution >= 4 is 5.78 Å². The predicted octanol–water partition coefficient (Wildman–Crippen LogP) is 5.12. The van der Waals surface area contributed by atoms with Crippen LogP contribution in [0.3, 0.4) is 0 Å². The average molecular weight is 413 g/mol. The van der Waals surface area contributed by atoms with Gasteiger partial charge in [-0.25, -0.2) is 4.79 Å². The van der Waals surface area contributed by atoms with Gasteiger partial charge in [-0.05, 0) is 44.9 Å². The van der Waals surface area contributed by atoms with Crippen molar-refractivity contribution in [3.8, 4) is 5.75 Å². The second-order valence-corrected chi connectivity index (χ2v) is 6.91. The molecule has 1 atom stereocenters. The third-order valence-electron chi connectivity index (χ3n) is 4.34. The minimum atomic E-state index is -4.26. The van der Waals surface area contributed by atoms with Crippen LogP contribution in [0.2, 0.25) is 0 Å². The van der Waals surface area contributed by atoms with Gasteiger partial charge in [-0.2, -0.15) is 13.2 Å². The smallest absolute Gasteiger partial charge is 0.389 e. The van der Waals surface area contributed by atoms with Crippen molar-refractivity contribution in [2.75, 3.05) is 0 Å². The van der Waals surface area contributed by atoms with E-state index in [0.29, 0.717) is 18.4 Å². The van der Waals surface area contributed by atoms with Crippen LogP contribution in [-0.4, -0.2) is 17.1 Å². The standard InChI is InChI=1S/C21H26F3NO4/c1-13(9-10-21(22,23)24)7-8-15(3)19(27)18-16(26)12-17(29-20(18)28)14(2)6-4-5-11-25/h5,7-8,11-12,14,26H,4,6,9-10,25H2,1-3H3/b11-5+,13-7+,15-8+. The van der Waals surface area contributed by atoms with Crippen molar-refractivity contribution in [3.05, 3.63) is 63.4 Å². The molecule has 1 aromatic rings. The Kier molecular flexibility index (Phi) is 8.94. The number of Topliss-reactive ketones (excluding diaryl/α,β-unsaturated/α-hetero) is 1. The zero-order valence-electron chi connectivity index (χ0n) is 16.7. The van der Waals surface area contributed by atoms with Crippen LogP contribution in [0.1, 0.15) is 68.5 Å². The molecule has 0 bridgehead atoms. The van der Waals surface area contributed by atoms with Crippen LogP contribution in [0.25, 0.3) is 0 Å². The summed E-state index contributed by atoms with van der Waals surface area (Å²) >= 11 is 0. The molecule has 29 heavy (non-hydrogen) atoms. The SMILES string of the molecule is C/C(=C\C=C(/C)C(=O)c1c(O)cc(C(C)CC/C=C/N)oc1=O)CCC(F)(F)F. The first-order valence-electron chi connectivity index (χ1n) is 9.15. The van der Waals surface area contributed by atoms with Crippen LogP contribution in [-0.2, 0) is 0 Å². The molecule has 1 aromatic heterocycles. The molecule has 0 radical (unpaired) electrons. The minimum Gasteiger partial charge on any atom is -0.507 e. The topological polar surface area (TPSA) is 93.5 Å². The lowest BCUT2D eigenvalue weighted by Gasteiger charge is -2.11. The Bertz CT molecular complexity index is 864. The second-order valence-electron chi connectivity index (χ2n) is 6.91. The first-order valence-corrected chi connectivity index (χ1v) is 9.15. The first kappa shape index (κ1) is 24.3. The van der Waals surface area contributed by atoms with E-state index in [4.69, 9.17) is 10.2 Å². The summed E-state index contributed by atoms with van der Waals surface area (Å²) in [5.41, 5.74) is 4.33. The number of hydrogen-bond donors (Lipinski definition) is 2. The number of hydrogen-bond acceptors (Lipinski definition) is 5. The van der Waals surface area contributed by atoms with Gasteiger partial charge in [0.25, 0.3) is 0 Å². The number of alkyl halides is 3. The molecule has 0 saturated carbocycles. The lowest BCUT2D eigenvalue weighted by molar-refractivity contribution is -0.133. The minimum absolute atomic E-state index is 0.0906. The molecule has 8 heteroatoms. The molecule has 0 amide bonds. The van der Waals surface area contributed by atoms with E-state index in [-0.39, 0.29) is 23.7 Å². The fourth-order valence-electron chi connectivity index (χ4n) is 2.50. The van der Waals surface area contributed by atoms with Gasteiger partial charge in [0.2, 0.25) is 0 Å². The summed E-state index contributed by atoms with van der Waals surface area (Å²) < 4.78 is 41.9. The van der Waals surface area contributed by atoms with E-state index in [1.807, 2.05) is 6.92 Å². The van der Waals surface area contributed by atoms with Crippen molar-refractivity contribution in [2.45, 2.75) is 58.5 Å². The van der Waals surface area contributed by atoms with E-state index in [1.54, 1.807) is 6.08 Å². The molecule has 0 fully saturated rings. The molecule has 0 saturated heterocycles. The van der Waals surface area contributed by atoms with E-state index in [9.17, 15) is 27.9 Å². The summed E-state index contributed by atoms with van der Waals surface area (Å²) in [6.07, 6.45) is 1.76. The number of ketones is 1. The molecular formula is C21H26F3NO4. The number of nitrogens with two attached hydrogens (primary N) is 1. The molecule has 1 rings (SSSR count). The summed E-state index contributed by atoms with van der Waals surface area (Å²) in [4.78, 5) is 24.7. The van der Waals surface area contributed by atoms with Crippen molar-refractivity contribution in [2.24, 2.45) is 5.73 Å². The molecule has 0 aliphatic heterocycles. The Labute approximate surface area is 167 Å². The molecule has 160 valence electrons. The normalized spacial score (nSPS) is 14.4. The number of rotatable bonds is 9. The highest BCUT2D eigenvalue weighted by molar-refractivity contribution is 6.09. The first-order chi connectivity index (χ1) is 13.5. The molecule has 0 aliphatic rings. The van der Waals surface area contributed by atoms with Crippen molar-refractivity contribution in [3.63, 3.8) is 0 Å². The Morgan fingerprint density at radius 2 is 1.97 bits per heavy atom. The summed E-state index contributed by atoms with van der Waals surface area (Å²) in [6, 6.07) is 1.24. The monoisotopic (exact) mass is 413 g/mol. The van der Waals surface area contributed by atoms with Gasteiger partial charge in [0.15, 0.2) is 5.78 Å². The fourth-order valence-corrected chi connectivity index (χ4v) is 2.50. The van der Waals surface area contributed by atoms with Crippen molar-refractivity contribution in [1.29, 1.82) is 0 Å². The molecule has 1 heterocycles. The van der Waals surface area contributed by atoms with E-state index in [0.717, 1.165) is 0 Å². The van der Waals surface area contributed by atoms with Crippen LogP contribution in [0.4, 0.5) is 13.2 Å². The zero-order valence-corrected chi connectivity index (χ0v) is 16.7. The molecule has 3 N–H and O–H groups in total. The lowest BCUT2D eigenvalue weighted by atomic mass is 9.99. The lowest BCUT2D eigenvalue weighted by Crippen LogP contribution is -2.16. The van der Waals surface area contributed by atoms with E-state index >= 15 is 0 Å². The molecule has 0 aromatic carbocycles. The van der Waals surface area contributed by atoms with Crippen LogP contribution in [0.15, 0.2) is 50.9 Å². The highest BCUT2D eigenvalue weighted by Crippen LogP contribution is 2.26. The molecule has 0 spiro atoms. The van der Waals surface area contributed by atoms with Gasteiger partial charge in [-0.3, -0.25) is 4.79 Å². The third kappa shape index (κ3) is 8.01. The summed E-state index contributed by atoms with van der Waals surface area (Å²) in [6.45, 7) is 4.73. The van der Waals surface area contributed by atoms with Gasteiger partial charge in [0, 0.05) is 18.4 Å². The number of aromatic hydroxyl groups is 1. The van der Waals surface area contributed by atoms with Gasteiger partial charge in [0.05, 0.1) is 0 Å². The Morgan fingerprint density at radius 3 is 2.52 bits per heavy atom. The van der Waals surface area contributed by atoms with Gasteiger partial charge in [-0.1, -0.05) is 30.7 Å². The molecule has 1 unspecified atom stereocenters. The van der Waals surface area contributed by atoms with Crippen LogP contribution in [0.5, 0.6) is 5.75 Å². The number of allylic oxidation sites excluding steroid dienone is 5. The van der Waals surface area contributed by atoms with E-state index < -0.39 is 35.3 Å². The Balaban J connectivity index is 3.00. The average Bonchev–Trinajstić information content (AvgIpc) is 2.63. The fraction of sp³-hybridized carbons (Fsp3) is 0.429. The van der Waals surface area contributed by atoms with Crippen LogP contribution >= 0.6 is 0 Å². The van der Waals surface area contributed by atoms with Crippen molar-refractivity contribution in [1.82, 2.24) is 0 Å². The number of halogens is 3. The van der Waals surface area contributed by atoms with Crippen molar-refractivity contribution < 1.29 is 27.5 Å². The molecule has 5 nitrogen and oxygen atoms in total. The van der Waals surface area contributed by atoms with Gasteiger partial charge >= 0.3 is 11.8 Å². The Hall–Kier alpha value is -2.77. The zero-order chi connectivity index (χ0) is 22.2. The second kappa shape index (κ2) is 10.7. The molecule has 0 aliphatic carbocycles. The Morgan fingerprint density at radius 1 is 1.31 bits per heavy atom. The highest BCUT2D eigenvalue weighted by Gasteiger charge is 2.26. The van der Waals surface area contributed by atoms with Gasteiger partial charge in [0.1, 0.15) is 17.1 Å². The quantitative estimate of drug-likeness (QED) is 0.333. The summed E-state index contributed by atoms with van der Waals surface area (Å²) in [5, 5.41) is 10.2. The van der Waals surface area contributed by atoms with Gasteiger partial charge in [-0.15, -0.1) is 0 Å². The van der Waals surface area contributed by atoms with E-state index in [2.05, 4.69) is 0 Å². The van der Waals surface area contributed by atoms with Crippen LogP contribution in [0, 0.1) is 0 Å². The maximum Gasteiger partial charge on any atom is 0.389 e. The third-order valence-corrected chi connectivity index (χ3v) is 4.34. The highest BCUT2D eigenvalue weighted by atomic mass is 19.4. The van der Waals surface area contributed by atoms with E-state index in [1.165, 1.54) is 38.3 Å². The van der Waals surface area contributed by atoms with Gasteiger partial charge < -0.3 is 15.3 Å². The van der Waals surface area contributed by atoms with Crippen LogP contribution < -0.4 is 11.4 Å². The maximum atomic E-state index is 12.5. The summed E-state index contributed by atoms with van der Waals surface area (Å²) in [7, 11) is 0. The number of carbonyl (C=O) groups excluding carboxylic acids is 1. The summed E-state index contributed by atoms with van der Waals surface area (Å²) in [5.74, 6) is -1.17. The predicted molar refractivity (Wildman–Crippen MR) is 105 cm³/mol. The largest absolute Gasteiger partial charge is 0.507 e. The number of carbonyl (C=O) groups is 1.